The maximum Gasteiger partial charge on any atom is 0.307 e. The number of aromatic nitrogens is 2. The van der Waals surface area contributed by atoms with E-state index in [1.54, 1.807) is 36.1 Å². The van der Waals surface area contributed by atoms with Gasteiger partial charge in [0, 0.05) is 36.1 Å². The van der Waals surface area contributed by atoms with Crippen molar-refractivity contribution >= 4 is 40.1 Å². The standard InChI is InChI=1S/C28H30N6O3/c1-3-37-26(35)15-16-34(22-7-5-4-6-8-22)28(36)20-11-14-24-23(17-20)32-25(33(24)2)18-31-21-12-9-19(10-13-21)27(29)30/h4-14,17,31H,3,15-16,18H2,1-2H3,(H3,29,30). The maximum absolute atomic E-state index is 13.5. The Morgan fingerprint density at radius 3 is 2.43 bits per heavy atom. The number of nitrogen functional groups attached to an aromatic ring is 1. The number of carbonyl (C=O) groups is 2. The Balaban J connectivity index is 1.54. The second kappa shape index (κ2) is 11.4. The molecule has 0 aliphatic rings. The lowest BCUT2D eigenvalue weighted by Crippen LogP contribution is -2.33. The van der Waals surface area contributed by atoms with Gasteiger partial charge in [0.05, 0.1) is 30.6 Å². The van der Waals surface area contributed by atoms with Gasteiger partial charge in [0.2, 0.25) is 0 Å². The van der Waals surface area contributed by atoms with Crippen LogP contribution in [-0.2, 0) is 23.1 Å². The molecular formula is C28H30N6O3. The van der Waals surface area contributed by atoms with Crippen molar-refractivity contribution in [3.8, 4) is 0 Å². The van der Waals surface area contributed by atoms with Crippen LogP contribution in [0.5, 0.6) is 0 Å². The fraction of sp³-hybridized carbons (Fsp3) is 0.214. The molecule has 0 aliphatic heterocycles. The van der Waals surface area contributed by atoms with Crippen LogP contribution in [0.1, 0.15) is 35.1 Å². The number of nitrogens with one attached hydrogen (secondary N) is 2. The summed E-state index contributed by atoms with van der Waals surface area (Å²) >= 11 is 0. The number of anilines is 2. The number of fused-ring (bicyclic) bond motifs is 1. The normalized spacial score (nSPS) is 10.8. The summed E-state index contributed by atoms with van der Waals surface area (Å²) in [5.41, 5.74) is 9.86. The molecule has 0 saturated heterocycles. The Labute approximate surface area is 215 Å². The minimum atomic E-state index is -0.343. The molecule has 190 valence electrons. The van der Waals surface area contributed by atoms with Crippen LogP contribution in [0.3, 0.4) is 0 Å². The largest absolute Gasteiger partial charge is 0.466 e. The molecule has 1 amide bonds. The Morgan fingerprint density at radius 1 is 1.05 bits per heavy atom. The highest BCUT2D eigenvalue weighted by Gasteiger charge is 2.20. The molecule has 0 unspecified atom stereocenters. The highest BCUT2D eigenvalue weighted by molar-refractivity contribution is 6.07. The predicted octanol–water partition coefficient (Wildman–Crippen LogP) is 4.07. The second-order valence-electron chi connectivity index (χ2n) is 8.48. The molecule has 4 aromatic rings. The quantitative estimate of drug-likeness (QED) is 0.172. The number of esters is 1. The third-order valence-corrected chi connectivity index (χ3v) is 6.02. The summed E-state index contributed by atoms with van der Waals surface area (Å²) in [7, 11) is 1.93. The predicted molar refractivity (Wildman–Crippen MR) is 145 cm³/mol. The second-order valence-corrected chi connectivity index (χ2v) is 8.48. The van der Waals surface area contributed by atoms with Crippen molar-refractivity contribution in [1.29, 1.82) is 5.41 Å². The summed E-state index contributed by atoms with van der Waals surface area (Å²) in [6, 6.07) is 22.0. The van der Waals surface area contributed by atoms with Gasteiger partial charge in [-0.25, -0.2) is 4.98 Å². The first kappa shape index (κ1) is 25.4. The van der Waals surface area contributed by atoms with Gasteiger partial charge < -0.3 is 25.3 Å². The molecule has 0 atom stereocenters. The number of hydrogen-bond acceptors (Lipinski definition) is 6. The lowest BCUT2D eigenvalue weighted by molar-refractivity contribution is -0.142. The van der Waals surface area contributed by atoms with Crippen LogP contribution >= 0.6 is 0 Å². The maximum atomic E-state index is 13.5. The van der Waals surface area contributed by atoms with Gasteiger partial charge in [-0.1, -0.05) is 18.2 Å². The summed E-state index contributed by atoms with van der Waals surface area (Å²) in [5.74, 6) is 0.272. The molecule has 1 aromatic heterocycles. The third kappa shape index (κ3) is 5.95. The van der Waals surface area contributed by atoms with Gasteiger partial charge in [-0.05, 0) is 61.5 Å². The smallest absolute Gasteiger partial charge is 0.307 e. The van der Waals surface area contributed by atoms with Crippen LogP contribution in [0.4, 0.5) is 11.4 Å². The van der Waals surface area contributed by atoms with Crippen molar-refractivity contribution in [2.75, 3.05) is 23.4 Å². The van der Waals surface area contributed by atoms with E-state index in [4.69, 9.17) is 20.9 Å². The van der Waals surface area contributed by atoms with E-state index in [2.05, 4.69) is 5.32 Å². The van der Waals surface area contributed by atoms with Crippen molar-refractivity contribution < 1.29 is 14.3 Å². The van der Waals surface area contributed by atoms with E-state index < -0.39 is 0 Å². The van der Waals surface area contributed by atoms with E-state index in [1.807, 2.05) is 60.1 Å². The van der Waals surface area contributed by atoms with Crippen molar-refractivity contribution in [3.63, 3.8) is 0 Å². The molecule has 0 saturated carbocycles. The number of benzene rings is 3. The zero-order chi connectivity index (χ0) is 26.4. The highest BCUT2D eigenvalue weighted by atomic mass is 16.5. The molecule has 1 heterocycles. The van der Waals surface area contributed by atoms with Gasteiger partial charge in [0.1, 0.15) is 11.7 Å². The average Bonchev–Trinajstić information content (AvgIpc) is 3.23. The van der Waals surface area contributed by atoms with Crippen LogP contribution in [0, 0.1) is 5.41 Å². The van der Waals surface area contributed by atoms with E-state index in [9.17, 15) is 9.59 Å². The first-order valence-electron chi connectivity index (χ1n) is 12.0. The minimum absolute atomic E-state index is 0.0268. The molecule has 9 nitrogen and oxygen atoms in total. The van der Waals surface area contributed by atoms with Crippen LogP contribution < -0.4 is 16.0 Å². The first-order chi connectivity index (χ1) is 17.9. The van der Waals surface area contributed by atoms with Gasteiger partial charge in [-0.3, -0.25) is 15.0 Å². The molecule has 4 rings (SSSR count). The van der Waals surface area contributed by atoms with Crippen molar-refractivity contribution in [3.05, 3.63) is 89.7 Å². The number of nitrogens with two attached hydrogens (primary N) is 1. The highest BCUT2D eigenvalue weighted by Crippen LogP contribution is 2.22. The van der Waals surface area contributed by atoms with Gasteiger partial charge >= 0.3 is 5.97 Å². The number of hydrogen-bond donors (Lipinski definition) is 3. The van der Waals surface area contributed by atoms with Gasteiger partial charge in [-0.2, -0.15) is 0 Å². The topological polar surface area (TPSA) is 126 Å². The zero-order valence-corrected chi connectivity index (χ0v) is 20.9. The molecule has 0 bridgehead atoms. The molecule has 0 aliphatic carbocycles. The van der Waals surface area contributed by atoms with Gasteiger partial charge in [-0.15, -0.1) is 0 Å². The molecular weight excluding hydrogens is 468 g/mol. The van der Waals surface area contributed by atoms with E-state index in [0.29, 0.717) is 35.5 Å². The average molecular weight is 499 g/mol. The van der Waals surface area contributed by atoms with E-state index in [-0.39, 0.29) is 30.7 Å². The van der Waals surface area contributed by atoms with E-state index in [1.165, 1.54) is 0 Å². The number of aryl methyl sites for hydroxylation is 1. The van der Waals surface area contributed by atoms with Crippen LogP contribution in [0.25, 0.3) is 11.0 Å². The Morgan fingerprint density at radius 2 is 1.76 bits per heavy atom. The van der Waals surface area contributed by atoms with Crippen LogP contribution in [-0.4, -0.2) is 40.4 Å². The fourth-order valence-corrected chi connectivity index (χ4v) is 4.04. The third-order valence-electron chi connectivity index (χ3n) is 6.02. The summed E-state index contributed by atoms with van der Waals surface area (Å²) in [6.07, 6.45) is 0.101. The first-order valence-corrected chi connectivity index (χ1v) is 12.0. The lowest BCUT2D eigenvalue weighted by atomic mass is 10.1. The number of ether oxygens (including phenoxy) is 1. The summed E-state index contributed by atoms with van der Waals surface area (Å²) in [4.78, 5) is 31.8. The molecule has 0 fully saturated rings. The molecule has 0 spiro atoms. The minimum Gasteiger partial charge on any atom is -0.466 e. The van der Waals surface area contributed by atoms with Crippen molar-refractivity contribution in [2.24, 2.45) is 12.8 Å². The molecule has 37 heavy (non-hydrogen) atoms. The fourth-order valence-electron chi connectivity index (χ4n) is 4.04. The van der Waals surface area contributed by atoms with E-state index in [0.717, 1.165) is 17.0 Å². The van der Waals surface area contributed by atoms with Crippen molar-refractivity contribution in [2.45, 2.75) is 19.9 Å². The summed E-state index contributed by atoms with van der Waals surface area (Å²) in [6.45, 7) is 2.74. The Kier molecular flexibility index (Phi) is 7.83. The number of imidazole rings is 1. The van der Waals surface area contributed by atoms with Gasteiger partial charge in [0.15, 0.2) is 0 Å². The Hall–Kier alpha value is -4.66. The lowest BCUT2D eigenvalue weighted by Gasteiger charge is -2.22. The van der Waals surface area contributed by atoms with E-state index >= 15 is 0 Å². The number of nitrogens with zero attached hydrogens (tertiary/aromatic N) is 3. The monoisotopic (exact) mass is 498 g/mol. The zero-order valence-electron chi connectivity index (χ0n) is 20.9. The summed E-state index contributed by atoms with van der Waals surface area (Å²) in [5, 5.41) is 10.8. The number of carbonyl (C=O) groups excluding carboxylic acids is 2. The van der Waals surface area contributed by atoms with Crippen LogP contribution in [0.15, 0.2) is 72.8 Å². The molecule has 4 N–H and O–H groups in total. The van der Waals surface area contributed by atoms with Crippen molar-refractivity contribution in [1.82, 2.24) is 9.55 Å². The molecule has 0 radical (unpaired) electrons. The number of para-hydroxylation sites is 1. The Bertz CT molecular complexity index is 1410. The van der Waals surface area contributed by atoms with Gasteiger partial charge in [0.25, 0.3) is 5.91 Å². The SMILES string of the molecule is CCOC(=O)CCN(C(=O)c1ccc2c(c1)nc(CNc1ccc(C(=N)N)cc1)n2C)c1ccccc1. The van der Waals surface area contributed by atoms with Crippen LogP contribution in [0.2, 0.25) is 0 Å². The number of amidine groups is 1. The molecule has 9 heteroatoms. The number of rotatable bonds is 10. The summed E-state index contributed by atoms with van der Waals surface area (Å²) < 4.78 is 7.03. The number of amides is 1. The molecule has 3 aromatic carbocycles.